The summed E-state index contributed by atoms with van der Waals surface area (Å²) in [7, 11) is 0. The third kappa shape index (κ3) is 5.64. The average Bonchev–Trinajstić information content (AvgIpc) is 3.01. The second-order valence-electron chi connectivity index (χ2n) is 7.92. The number of imide groups is 2. The molecule has 1 aromatic carbocycles. The van der Waals surface area contributed by atoms with E-state index < -0.39 is 29.7 Å². The minimum Gasteiger partial charge on any atom is -0.325 e. The molecule has 172 valence electrons. The van der Waals surface area contributed by atoms with Gasteiger partial charge in [-0.3, -0.25) is 37.8 Å². The molecule has 32 heavy (non-hydrogen) atoms. The molecule has 1 unspecified atom stereocenters. The monoisotopic (exact) mass is 554 g/mol. The smallest absolute Gasteiger partial charge is 0.264 e. The maximum Gasteiger partial charge on any atom is 0.264 e. The molecule has 0 aliphatic carbocycles. The number of rotatable bonds is 11. The second kappa shape index (κ2) is 11.4. The van der Waals surface area contributed by atoms with E-state index >= 15 is 0 Å². The van der Waals surface area contributed by atoms with Gasteiger partial charge in [-0.2, -0.15) is 0 Å². The van der Waals surface area contributed by atoms with Crippen LogP contribution < -0.4 is 10.6 Å². The highest BCUT2D eigenvalue weighted by Crippen LogP contribution is 2.32. The van der Waals surface area contributed by atoms with E-state index in [-0.39, 0.29) is 56.6 Å². The summed E-state index contributed by atoms with van der Waals surface area (Å²) >= 11 is -0.360. The fourth-order valence-electron chi connectivity index (χ4n) is 3.99. The number of halogens is 1. The van der Waals surface area contributed by atoms with E-state index in [1.165, 1.54) is 6.07 Å². The van der Waals surface area contributed by atoms with Crippen LogP contribution in [0.3, 0.4) is 0 Å². The number of carbonyl (C=O) groups excluding carboxylic acids is 5. The minimum absolute atomic E-state index is 0.0546. The molecule has 1 atom stereocenters. The Kier molecular flexibility index (Phi) is 8.60. The number of hydrogen-bond donors (Lipinski definition) is 3. The molecule has 2 aliphatic rings. The number of anilines is 1. The molecule has 10 heteroatoms. The number of benzene rings is 1. The standard InChI is InChI=1S/C22H27IN4O5/c24-23-13-6-4-2-1-3-5-10-17(28)25-15-9-7-8-14-19(15)22(32)27(21(14)31)16-11-12-18(29)26-20(16)30/h7-9,16,24H,1-6,10-13H2,(H,25,28)(H,26,29,30). The Labute approximate surface area is 196 Å². The lowest BCUT2D eigenvalue weighted by atomic mass is 10.0. The van der Waals surface area contributed by atoms with E-state index in [4.69, 9.17) is 3.56 Å². The largest absolute Gasteiger partial charge is 0.325 e. The van der Waals surface area contributed by atoms with Crippen molar-refractivity contribution in [2.75, 3.05) is 9.74 Å². The molecule has 3 N–H and O–H groups in total. The second-order valence-corrected chi connectivity index (χ2v) is 9.76. The van der Waals surface area contributed by atoms with Crippen molar-refractivity contribution in [1.82, 2.24) is 10.2 Å². The van der Waals surface area contributed by atoms with Gasteiger partial charge < -0.3 is 5.32 Å². The van der Waals surface area contributed by atoms with Gasteiger partial charge in [-0.15, -0.1) is 0 Å². The van der Waals surface area contributed by atoms with Crippen LogP contribution in [0.4, 0.5) is 5.69 Å². The van der Waals surface area contributed by atoms with Crippen molar-refractivity contribution in [2.24, 2.45) is 0 Å². The number of nitrogens with zero attached hydrogens (tertiary/aromatic N) is 1. The first-order valence-electron chi connectivity index (χ1n) is 10.8. The van der Waals surface area contributed by atoms with Crippen LogP contribution >= 0.6 is 21.0 Å². The molecule has 2 aliphatic heterocycles. The van der Waals surface area contributed by atoms with Crippen molar-refractivity contribution in [3.63, 3.8) is 0 Å². The molecule has 1 aromatic rings. The molecular formula is C22H27IN4O5. The first kappa shape index (κ1) is 24.1. The number of piperidine rings is 1. The highest BCUT2D eigenvalue weighted by atomic mass is 127. The van der Waals surface area contributed by atoms with E-state index in [1.807, 2.05) is 0 Å². The quantitative estimate of drug-likeness (QED) is 0.167. The molecular weight excluding hydrogens is 527 g/mol. The molecule has 0 spiro atoms. The van der Waals surface area contributed by atoms with Gasteiger partial charge in [0.25, 0.3) is 11.8 Å². The lowest BCUT2D eigenvalue weighted by Gasteiger charge is -2.27. The van der Waals surface area contributed by atoms with Gasteiger partial charge in [0.05, 0.1) is 16.8 Å². The van der Waals surface area contributed by atoms with Crippen molar-refractivity contribution < 1.29 is 24.0 Å². The number of carbonyl (C=O) groups is 5. The zero-order chi connectivity index (χ0) is 23.1. The van der Waals surface area contributed by atoms with Crippen LogP contribution in [-0.2, 0) is 14.4 Å². The Bertz CT molecular complexity index is 948. The van der Waals surface area contributed by atoms with Crippen molar-refractivity contribution in [1.29, 1.82) is 3.56 Å². The van der Waals surface area contributed by atoms with Gasteiger partial charge >= 0.3 is 0 Å². The highest BCUT2D eigenvalue weighted by molar-refractivity contribution is 14.1. The van der Waals surface area contributed by atoms with Gasteiger partial charge in [0.2, 0.25) is 17.7 Å². The number of unbranched alkanes of at least 4 members (excludes halogenated alkanes) is 5. The molecule has 1 saturated heterocycles. The molecule has 0 saturated carbocycles. The Morgan fingerprint density at radius 1 is 1.06 bits per heavy atom. The van der Waals surface area contributed by atoms with E-state index in [9.17, 15) is 24.0 Å². The van der Waals surface area contributed by atoms with Crippen LogP contribution in [0.25, 0.3) is 0 Å². The van der Waals surface area contributed by atoms with E-state index in [0.717, 1.165) is 47.9 Å². The fraction of sp³-hybridized carbons (Fsp3) is 0.500. The summed E-state index contributed by atoms with van der Waals surface area (Å²) in [6.07, 6.45) is 6.57. The van der Waals surface area contributed by atoms with E-state index in [1.54, 1.807) is 12.1 Å². The van der Waals surface area contributed by atoms with Gasteiger partial charge in [0.1, 0.15) is 6.04 Å². The molecule has 0 radical (unpaired) electrons. The summed E-state index contributed by atoms with van der Waals surface area (Å²) in [5.41, 5.74) is 0.500. The number of alkyl halides is 1. The third-order valence-corrected chi connectivity index (χ3v) is 6.93. The van der Waals surface area contributed by atoms with Crippen LogP contribution in [0.15, 0.2) is 18.2 Å². The van der Waals surface area contributed by atoms with Gasteiger partial charge in [0, 0.05) is 17.3 Å². The third-order valence-electron chi connectivity index (χ3n) is 5.62. The Balaban J connectivity index is 1.57. The molecule has 2 heterocycles. The summed E-state index contributed by atoms with van der Waals surface area (Å²) in [6, 6.07) is 3.63. The van der Waals surface area contributed by atoms with Gasteiger partial charge in [-0.25, -0.2) is 0 Å². The Hall–Kier alpha value is -2.50. The molecule has 9 nitrogen and oxygen atoms in total. The maximum absolute atomic E-state index is 13.0. The van der Waals surface area contributed by atoms with Gasteiger partial charge in [0.15, 0.2) is 0 Å². The number of fused-ring (bicyclic) bond motifs is 1. The Morgan fingerprint density at radius 2 is 1.78 bits per heavy atom. The number of amides is 5. The van der Waals surface area contributed by atoms with Crippen LogP contribution in [0.5, 0.6) is 0 Å². The van der Waals surface area contributed by atoms with E-state index in [0.29, 0.717) is 6.42 Å². The average molecular weight is 554 g/mol. The molecule has 0 aromatic heterocycles. The molecule has 1 fully saturated rings. The lowest BCUT2D eigenvalue weighted by molar-refractivity contribution is -0.136. The highest BCUT2D eigenvalue weighted by Gasteiger charge is 2.45. The summed E-state index contributed by atoms with van der Waals surface area (Å²) in [5, 5.41) is 4.91. The normalized spacial score (nSPS) is 18.0. The summed E-state index contributed by atoms with van der Waals surface area (Å²) in [6.45, 7) is 0. The van der Waals surface area contributed by atoms with Crippen molar-refractivity contribution >= 4 is 56.3 Å². The zero-order valence-corrected chi connectivity index (χ0v) is 19.9. The first-order valence-corrected chi connectivity index (χ1v) is 13.4. The topological polar surface area (TPSA) is 136 Å². The molecule has 3 rings (SSSR count). The van der Waals surface area contributed by atoms with Gasteiger partial charge in [-0.1, -0.05) is 31.7 Å². The van der Waals surface area contributed by atoms with Crippen molar-refractivity contribution in [2.45, 2.75) is 63.8 Å². The minimum atomic E-state index is -1.04. The summed E-state index contributed by atoms with van der Waals surface area (Å²) in [5.74, 6) is -2.54. The lowest BCUT2D eigenvalue weighted by Crippen LogP contribution is -2.54. The first-order chi connectivity index (χ1) is 15.4. The van der Waals surface area contributed by atoms with Crippen molar-refractivity contribution in [3.8, 4) is 0 Å². The summed E-state index contributed by atoms with van der Waals surface area (Å²) in [4.78, 5) is 62.7. The fourth-order valence-corrected chi connectivity index (χ4v) is 4.91. The SMILES string of the molecule is N=ICCCCCCCCC(=O)Nc1cccc2c1C(=O)N(C1CCC(=O)NC1=O)C2=O. The number of hydrogen-bond acceptors (Lipinski definition) is 6. The van der Waals surface area contributed by atoms with Crippen LogP contribution in [0.2, 0.25) is 0 Å². The number of nitrogens with one attached hydrogen (secondary N) is 3. The predicted octanol–water partition coefficient (Wildman–Crippen LogP) is 3.49. The zero-order valence-electron chi connectivity index (χ0n) is 17.7. The van der Waals surface area contributed by atoms with Crippen LogP contribution in [-0.4, -0.2) is 44.9 Å². The van der Waals surface area contributed by atoms with Gasteiger partial charge in [-0.05, 0) is 52.4 Å². The predicted molar refractivity (Wildman–Crippen MR) is 126 cm³/mol. The van der Waals surface area contributed by atoms with Crippen LogP contribution in [0, 0.1) is 3.56 Å². The maximum atomic E-state index is 13.0. The molecule has 5 amide bonds. The molecule has 0 bridgehead atoms. The van der Waals surface area contributed by atoms with Crippen LogP contribution in [0.1, 0.15) is 78.5 Å². The summed E-state index contributed by atoms with van der Waals surface area (Å²) < 4.78 is 8.28. The Morgan fingerprint density at radius 3 is 2.50 bits per heavy atom. The van der Waals surface area contributed by atoms with Crippen molar-refractivity contribution in [3.05, 3.63) is 29.3 Å². The van der Waals surface area contributed by atoms with E-state index in [2.05, 4.69) is 10.6 Å².